The summed E-state index contributed by atoms with van der Waals surface area (Å²) < 4.78 is 78.0. The molecule has 0 saturated carbocycles. The number of hydrogen-bond donors (Lipinski definition) is 2. The molecule has 0 amide bonds. The summed E-state index contributed by atoms with van der Waals surface area (Å²) in [4.78, 5) is 14.3. The van der Waals surface area contributed by atoms with Gasteiger partial charge in [0.05, 0.1) is 50.2 Å². The average Bonchev–Trinajstić information content (AvgIpc) is 3.57. The topological polar surface area (TPSA) is 169 Å². The molecule has 3 saturated heterocycles. The number of esters is 1. The summed E-state index contributed by atoms with van der Waals surface area (Å²) in [5, 5.41) is 23.7. The maximum absolute atomic E-state index is 14.3. The first-order valence-corrected chi connectivity index (χ1v) is 23.2. The molecule has 2 bridgehead atoms. The number of carbonyl (C=O) groups excluding carboxylic acids is 1. The van der Waals surface area contributed by atoms with Gasteiger partial charge in [0.25, 0.3) is 0 Å². The van der Waals surface area contributed by atoms with Gasteiger partial charge in [-0.25, -0.2) is 4.18 Å². The van der Waals surface area contributed by atoms with Crippen molar-refractivity contribution in [2.24, 2.45) is 23.7 Å². The van der Waals surface area contributed by atoms with E-state index in [1.165, 1.54) is 7.11 Å². The van der Waals surface area contributed by atoms with Crippen LogP contribution in [0.3, 0.4) is 0 Å². The standard InChI is InChI=1S/C47H65NO13S/c1-11-21-48(22-12-2)62(52,53)61-43-33(9)56-39(25-38(43)54-10)58-41-29(5)15-14-16-34-27-55-44-40(49)32(8)23-37(47(34,44)51)45(50)57-36-24-35(18-17-30(41)6)59-46(26-36)20-19-31(7)42(60-46)28(4)13-3/h1-2,14-17,19-20,23,28-29,31,33,35-44,49,51H,13,18,21-22,24-27H2,3-10H3/b15-14+,30-17+,34-16+/t28?,29-,31-,33-,35+,36-,37-,38-,39-,40+,41-,42+,43?,44?,46+,47+/m0/s1. The van der Waals surface area contributed by atoms with E-state index in [2.05, 4.69) is 44.8 Å². The first kappa shape index (κ1) is 48.3. The molecular formula is C47H65NO13S. The lowest BCUT2D eigenvalue weighted by atomic mass is 9.71. The zero-order valence-electron chi connectivity index (χ0n) is 37.2. The van der Waals surface area contributed by atoms with Gasteiger partial charge in [0, 0.05) is 38.2 Å². The Morgan fingerprint density at radius 2 is 1.77 bits per heavy atom. The fraction of sp³-hybridized carbons (Fsp3) is 0.681. The molecule has 342 valence electrons. The number of fused-ring (bicyclic) bond motifs is 2. The first-order valence-electron chi connectivity index (χ1n) is 21.8. The molecule has 6 rings (SSSR count). The van der Waals surface area contributed by atoms with Gasteiger partial charge in [-0.3, -0.25) is 4.79 Å². The Bertz CT molecular complexity index is 1970. The van der Waals surface area contributed by atoms with Gasteiger partial charge in [0.1, 0.15) is 35.9 Å². The molecule has 14 nitrogen and oxygen atoms in total. The van der Waals surface area contributed by atoms with Crippen LogP contribution in [0.15, 0.2) is 59.3 Å². The molecule has 5 aliphatic heterocycles. The number of methoxy groups -OCH3 is 1. The summed E-state index contributed by atoms with van der Waals surface area (Å²) in [6, 6.07) is 0. The minimum Gasteiger partial charge on any atom is -0.462 e. The van der Waals surface area contributed by atoms with Gasteiger partial charge >= 0.3 is 16.3 Å². The van der Waals surface area contributed by atoms with Crippen molar-refractivity contribution in [1.29, 1.82) is 0 Å². The molecule has 1 spiro atoms. The Kier molecular flexibility index (Phi) is 15.5. The molecule has 62 heavy (non-hydrogen) atoms. The van der Waals surface area contributed by atoms with E-state index in [0.717, 1.165) is 16.3 Å². The number of ether oxygens (including phenoxy) is 7. The molecule has 15 heteroatoms. The van der Waals surface area contributed by atoms with Gasteiger partial charge in [-0.05, 0) is 55.9 Å². The highest BCUT2D eigenvalue weighted by Gasteiger charge is 2.60. The molecular weight excluding hydrogens is 819 g/mol. The van der Waals surface area contributed by atoms with Crippen molar-refractivity contribution >= 4 is 16.3 Å². The van der Waals surface area contributed by atoms with E-state index >= 15 is 0 Å². The molecule has 5 heterocycles. The second-order valence-electron chi connectivity index (χ2n) is 17.8. The van der Waals surface area contributed by atoms with Gasteiger partial charge in [0.2, 0.25) is 0 Å². The molecule has 0 aromatic heterocycles. The van der Waals surface area contributed by atoms with E-state index in [9.17, 15) is 23.4 Å². The van der Waals surface area contributed by atoms with Gasteiger partial charge in [-0.1, -0.05) is 82.4 Å². The highest BCUT2D eigenvalue weighted by atomic mass is 32.2. The predicted molar refractivity (Wildman–Crippen MR) is 230 cm³/mol. The molecule has 0 radical (unpaired) electrons. The molecule has 6 aliphatic rings. The second-order valence-corrected chi connectivity index (χ2v) is 19.3. The number of nitrogens with zero attached hydrogens (tertiary/aromatic N) is 1. The third-order valence-electron chi connectivity index (χ3n) is 13.3. The quantitative estimate of drug-likeness (QED) is 0.177. The summed E-state index contributed by atoms with van der Waals surface area (Å²) in [5.41, 5.74) is -0.0705. The van der Waals surface area contributed by atoms with Crippen LogP contribution < -0.4 is 0 Å². The zero-order valence-corrected chi connectivity index (χ0v) is 38.0. The van der Waals surface area contributed by atoms with Crippen molar-refractivity contribution in [3.8, 4) is 24.7 Å². The van der Waals surface area contributed by atoms with Crippen LogP contribution in [0.2, 0.25) is 0 Å². The summed E-state index contributed by atoms with van der Waals surface area (Å²) in [7, 11) is -2.88. The third-order valence-corrected chi connectivity index (χ3v) is 14.7. The van der Waals surface area contributed by atoms with Crippen LogP contribution in [-0.2, 0) is 52.4 Å². The largest absolute Gasteiger partial charge is 0.462 e. The summed E-state index contributed by atoms with van der Waals surface area (Å²) >= 11 is 0. The van der Waals surface area contributed by atoms with E-state index in [1.54, 1.807) is 32.1 Å². The normalized spacial score (nSPS) is 42.9. The minimum atomic E-state index is -4.34. The molecule has 1 aliphatic carbocycles. The van der Waals surface area contributed by atoms with Gasteiger partial charge in [-0.15, -0.1) is 12.8 Å². The first-order chi connectivity index (χ1) is 29.4. The molecule has 0 aromatic rings. The van der Waals surface area contributed by atoms with Crippen LogP contribution in [0.4, 0.5) is 0 Å². The van der Waals surface area contributed by atoms with Crippen LogP contribution >= 0.6 is 0 Å². The highest BCUT2D eigenvalue weighted by Crippen LogP contribution is 2.47. The number of terminal acetylenes is 2. The number of allylic oxidation sites excluding steroid dienone is 2. The van der Waals surface area contributed by atoms with E-state index in [-0.39, 0.29) is 56.4 Å². The molecule has 0 aromatic carbocycles. The van der Waals surface area contributed by atoms with Crippen molar-refractivity contribution in [1.82, 2.24) is 4.31 Å². The van der Waals surface area contributed by atoms with Gasteiger partial charge < -0.3 is 43.4 Å². The number of aliphatic hydroxyl groups excluding tert-OH is 1. The summed E-state index contributed by atoms with van der Waals surface area (Å²) in [6.45, 7) is 13.2. The fourth-order valence-corrected chi connectivity index (χ4v) is 10.8. The summed E-state index contributed by atoms with van der Waals surface area (Å²) in [6.07, 6.45) is 18.7. The minimum absolute atomic E-state index is 0.00856. The highest BCUT2D eigenvalue weighted by molar-refractivity contribution is 7.84. The molecule has 3 fully saturated rings. The van der Waals surface area contributed by atoms with Gasteiger partial charge in [0.15, 0.2) is 12.1 Å². The number of hydrogen-bond acceptors (Lipinski definition) is 13. The van der Waals surface area contributed by atoms with Crippen molar-refractivity contribution in [3.05, 3.63) is 59.3 Å². The van der Waals surface area contributed by atoms with Crippen molar-refractivity contribution in [2.75, 3.05) is 26.8 Å². The van der Waals surface area contributed by atoms with Crippen LogP contribution in [0.1, 0.15) is 80.6 Å². The monoisotopic (exact) mass is 883 g/mol. The number of carbonyl (C=O) groups is 1. The Morgan fingerprint density at radius 3 is 2.45 bits per heavy atom. The number of aliphatic hydroxyl groups is 2. The van der Waals surface area contributed by atoms with Crippen LogP contribution in [-0.4, -0.2) is 128 Å². The Labute approximate surface area is 367 Å². The SMILES string of the molecule is C#CCN(CC#C)S(=O)(=O)OC1[C@H](C)O[C@@H](O[C@@H]2/C(C)=C/C[C@@H]3C[C@@H](C[C@]4(C=C[C@H](C)[C@@H](C(C)CC)O4)O3)OC(=O)[C@@H]3C=C(C)[C@@H](O)C4OC/C(=C\C=C\[C@@H]2C)[C@]43O)C[C@@H]1OC. The zero-order chi connectivity index (χ0) is 45.1. The maximum atomic E-state index is 14.3. The summed E-state index contributed by atoms with van der Waals surface area (Å²) in [5.74, 6) is 1.78. The van der Waals surface area contributed by atoms with E-state index < -0.39 is 88.7 Å². The van der Waals surface area contributed by atoms with E-state index in [0.29, 0.717) is 24.0 Å². The lowest BCUT2D eigenvalue weighted by molar-refractivity contribution is -0.300. The average molecular weight is 884 g/mol. The second kappa shape index (κ2) is 19.9. The van der Waals surface area contributed by atoms with E-state index in [4.69, 9.17) is 50.2 Å². The van der Waals surface area contributed by atoms with Crippen molar-refractivity contribution < 1.29 is 60.8 Å². The lowest BCUT2D eigenvalue weighted by Gasteiger charge is -2.48. The molecule has 3 unspecified atom stereocenters. The fourth-order valence-electron chi connectivity index (χ4n) is 9.62. The number of rotatable bonds is 10. The Hall–Kier alpha value is -3.16. The van der Waals surface area contributed by atoms with E-state index in [1.807, 2.05) is 26.0 Å². The third kappa shape index (κ3) is 10.0. The predicted octanol–water partition coefficient (Wildman–Crippen LogP) is 4.68. The molecule has 16 atom stereocenters. The Morgan fingerprint density at radius 1 is 1.05 bits per heavy atom. The van der Waals surface area contributed by atoms with Gasteiger partial charge in [-0.2, -0.15) is 12.7 Å². The Balaban J connectivity index is 1.33. The van der Waals surface area contributed by atoms with Crippen LogP contribution in [0.5, 0.6) is 0 Å². The smallest absolute Gasteiger partial charge is 0.340 e. The molecule has 2 N–H and O–H groups in total. The van der Waals surface area contributed by atoms with Crippen LogP contribution in [0.25, 0.3) is 0 Å². The maximum Gasteiger partial charge on any atom is 0.340 e. The lowest BCUT2D eigenvalue weighted by Crippen LogP contribution is -2.58. The van der Waals surface area contributed by atoms with Crippen molar-refractivity contribution in [2.45, 2.75) is 153 Å². The van der Waals surface area contributed by atoms with Crippen LogP contribution in [0, 0.1) is 48.4 Å². The van der Waals surface area contributed by atoms with Crippen molar-refractivity contribution in [3.63, 3.8) is 0 Å².